The summed E-state index contributed by atoms with van der Waals surface area (Å²) in [5.74, 6) is 1.77. The predicted molar refractivity (Wildman–Crippen MR) is 91.7 cm³/mol. The Morgan fingerprint density at radius 3 is 1.17 bits per heavy atom. The molecule has 0 aromatic carbocycles. The van der Waals surface area contributed by atoms with Crippen LogP contribution in [0, 0.1) is 11.8 Å². The lowest BCUT2D eigenvalue weighted by atomic mass is 9.91. The van der Waals surface area contributed by atoms with Crippen molar-refractivity contribution in [3.63, 3.8) is 0 Å². The maximum Gasteiger partial charge on any atom is 0.0120 e. The van der Waals surface area contributed by atoms with E-state index >= 15 is 0 Å². The topological polar surface area (TPSA) is 0 Å². The molecule has 4 atom stereocenters. The van der Waals surface area contributed by atoms with Gasteiger partial charge in [0.25, 0.3) is 0 Å². The summed E-state index contributed by atoms with van der Waals surface area (Å²) in [4.78, 5) is 0. The fraction of sp³-hybridized carbons (Fsp3) is 1.00. The highest BCUT2D eigenvalue weighted by Gasteiger charge is 2.26. The summed E-state index contributed by atoms with van der Waals surface area (Å²) in [6.07, 6.45) is 0. The van der Waals surface area contributed by atoms with E-state index in [1.165, 1.54) is 8.86 Å². The van der Waals surface area contributed by atoms with E-state index in [-0.39, 0.29) is 0 Å². The Balaban J connectivity index is 4.23. The highest BCUT2D eigenvalue weighted by Crippen LogP contribution is 2.31. The van der Waals surface area contributed by atoms with Crippen LogP contribution in [0.5, 0.6) is 0 Å². The fourth-order valence-electron chi connectivity index (χ4n) is 1.16. The first kappa shape index (κ1) is 14.9. The molecule has 0 aliphatic heterocycles. The van der Waals surface area contributed by atoms with E-state index in [2.05, 4.69) is 104 Å². The van der Waals surface area contributed by atoms with E-state index in [9.17, 15) is 0 Å². The molecule has 4 heteroatoms. The van der Waals surface area contributed by atoms with Crippen LogP contribution in [0.3, 0.4) is 0 Å². The fourth-order valence-corrected chi connectivity index (χ4v) is 7.51. The van der Waals surface area contributed by atoms with Crippen LogP contribution >= 0.6 is 90.4 Å². The molecule has 0 aliphatic rings. The molecular formula is C8H14I4. The molecule has 0 amide bonds. The van der Waals surface area contributed by atoms with Gasteiger partial charge >= 0.3 is 0 Å². The second-order valence-electron chi connectivity index (χ2n) is 2.99. The monoisotopic (exact) mass is 618 g/mol. The van der Waals surface area contributed by atoms with Crippen molar-refractivity contribution in [3.05, 3.63) is 0 Å². The smallest absolute Gasteiger partial charge is 0.0120 e. The van der Waals surface area contributed by atoms with E-state index < -0.39 is 0 Å². The minimum absolute atomic E-state index is 0.802. The van der Waals surface area contributed by atoms with Crippen LogP contribution in [0.2, 0.25) is 0 Å². The highest BCUT2D eigenvalue weighted by molar-refractivity contribution is 14.1. The first-order valence-corrected chi connectivity index (χ1v) is 9.48. The highest BCUT2D eigenvalue weighted by atomic mass is 127. The largest absolute Gasteiger partial charge is 0.0860 e. The zero-order valence-corrected chi connectivity index (χ0v) is 15.9. The summed E-state index contributed by atoms with van der Waals surface area (Å²) in [6, 6.07) is 0. The van der Waals surface area contributed by atoms with Crippen LogP contribution in [0.15, 0.2) is 0 Å². The minimum atomic E-state index is 0.802. The molecule has 0 heterocycles. The Kier molecular flexibility index (Phi) is 10.1. The van der Waals surface area contributed by atoms with Crippen LogP contribution in [-0.4, -0.2) is 16.7 Å². The minimum Gasteiger partial charge on any atom is -0.0860 e. The van der Waals surface area contributed by atoms with Crippen molar-refractivity contribution in [1.29, 1.82) is 0 Å². The Morgan fingerprint density at radius 2 is 1.08 bits per heavy atom. The lowest BCUT2D eigenvalue weighted by molar-refractivity contribution is 0.422. The molecule has 0 fully saturated rings. The summed E-state index contributed by atoms with van der Waals surface area (Å²) in [5.41, 5.74) is 0. The third-order valence-corrected chi connectivity index (χ3v) is 5.97. The van der Waals surface area contributed by atoms with Gasteiger partial charge in [0, 0.05) is 16.7 Å². The quantitative estimate of drug-likeness (QED) is 0.309. The number of alkyl halides is 4. The molecule has 0 rings (SSSR count). The van der Waals surface area contributed by atoms with Crippen molar-refractivity contribution in [2.45, 2.75) is 21.7 Å². The first-order chi connectivity index (χ1) is 5.54. The molecule has 12 heavy (non-hydrogen) atoms. The molecule has 0 aromatic heterocycles. The standard InChI is InChI=1S/C8H14I4/c1-5(11)7(3-9)8(4-10)6(2)12/h5-8H,3-4H2,1-2H3/t5-,6?,7+,8?/m1/s1. The van der Waals surface area contributed by atoms with Gasteiger partial charge in [-0.25, -0.2) is 0 Å². The molecule has 0 bridgehead atoms. The average molecular weight is 618 g/mol. The lowest BCUT2D eigenvalue weighted by Crippen LogP contribution is -2.29. The van der Waals surface area contributed by atoms with Gasteiger partial charge in [0.1, 0.15) is 0 Å². The SMILES string of the molecule is CC(I)C(CI)[C@@H](CI)[C@@H](C)I. The average Bonchev–Trinajstić information content (AvgIpc) is 1.98. The normalized spacial score (nSPS) is 21.5. The zero-order chi connectivity index (χ0) is 9.72. The molecule has 0 N–H and O–H groups in total. The number of hydrogen-bond donors (Lipinski definition) is 0. The van der Waals surface area contributed by atoms with Gasteiger partial charge in [0.2, 0.25) is 0 Å². The Hall–Kier alpha value is 2.92. The van der Waals surface area contributed by atoms with Crippen LogP contribution in [-0.2, 0) is 0 Å². The van der Waals surface area contributed by atoms with Gasteiger partial charge in [-0.05, 0) is 11.8 Å². The molecule has 0 saturated carbocycles. The zero-order valence-electron chi connectivity index (χ0n) is 7.24. The third-order valence-electron chi connectivity index (χ3n) is 2.09. The number of hydrogen-bond acceptors (Lipinski definition) is 0. The second-order valence-corrected chi connectivity index (χ2v) is 8.68. The van der Waals surface area contributed by atoms with E-state index in [0.29, 0.717) is 0 Å². The Bertz CT molecular complexity index is 99.6. The summed E-state index contributed by atoms with van der Waals surface area (Å²) in [6.45, 7) is 4.67. The summed E-state index contributed by atoms with van der Waals surface area (Å²) in [7, 11) is 0. The number of halogens is 4. The summed E-state index contributed by atoms with van der Waals surface area (Å²) >= 11 is 10.2. The van der Waals surface area contributed by atoms with Crippen LogP contribution in [0.1, 0.15) is 13.8 Å². The second kappa shape index (κ2) is 8.12. The van der Waals surface area contributed by atoms with Crippen molar-refractivity contribution < 1.29 is 0 Å². The summed E-state index contributed by atoms with van der Waals surface area (Å²) < 4.78 is 4.19. The third kappa shape index (κ3) is 5.13. The van der Waals surface area contributed by atoms with Gasteiger partial charge in [0.15, 0.2) is 0 Å². The van der Waals surface area contributed by atoms with Crippen molar-refractivity contribution in [3.8, 4) is 0 Å². The Labute approximate surface area is 130 Å². The van der Waals surface area contributed by atoms with Gasteiger partial charge in [-0.1, -0.05) is 104 Å². The van der Waals surface area contributed by atoms with Crippen molar-refractivity contribution >= 4 is 90.4 Å². The lowest BCUT2D eigenvalue weighted by Gasteiger charge is -2.28. The van der Waals surface area contributed by atoms with E-state index in [0.717, 1.165) is 19.7 Å². The molecule has 0 saturated heterocycles. The molecule has 0 spiro atoms. The summed E-state index contributed by atoms with van der Waals surface area (Å²) in [5, 5.41) is 0. The van der Waals surface area contributed by atoms with Gasteiger partial charge in [-0.3, -0.25) is 0 Å². The first-order valence-electron chi connectivity index (χ1n) is 3.94. The van der Waals surface area contributed by atoms with Crippen LogP contribution in [0.4, 0.5) is 0 Å². The molecule has 0 aliphatic carbocycles. The molecule has 0 radical (unpaired) electrons. The van der Waals surface area contributed by atoms with Crippen molar-refractivity contribution in [2.24, 2.45) is 11.8 Å². The molecule has 0 nitrogen and oxygen atoms in total. The molecule has 2 unspecified atom stereocenters. The predicted octanol–water partition coefficient (Wildman–Crippen LogP) is 4.74. The molecule has 74 valence electrons. The van der Waals surface area contributed by atoms with Crippen LogP contribution < -0.4 is 0 Å². The van der Waals surface area contributed by atoms with Gasteiger partial charge < -0.3 is 0 Å². The van der Waals surface area contributed by atoms with Crippen LogP contribution in [0.25, 0.3) is 0 Å². The van der Waals surface area contributed by atoms with Gasteiger partial charge in [0.05, 0.1) is 0 Å². The van der Waals surface area contributed by atoms with Gasteiger partial charge in [-0.2, -0.15) is 0 Å². The van der Waals surface area contributed by atoms with E-state index in [1.807, 2.05) is 0 Å². The van der Waals surface area contributed by atoms with Gasteiger partial charge in [-0.15, -0.1) is 0 Å². The maximum absolute atomic E-state index is 2.56. The maximum atomic E-state index is 2.56. The molecular weight excluding hydrogens is 604 g/mol. The number of rotatable bonds is 5. The van der Waals surface area contributed by atoms with E-state index in [4.69, 9.17) is 0 Å². The molecule has 0 aromatic rings. The van der Waals surface area contributed by atoms with E-state index in [1.54, 1.807) is 0 Å². The van der Waals surface area contributed by atoms with Crippen molar-refractivity contribution in [1.82, 2.24) is 0 Å². The Morgan fingerprint density at radius 1 is 0.833 bits per heavy atom. The van der Waals surface area contributed by atoms with Crippen molar-refractivity contribution in [2.75, 3.05) is 8.86 Å².